The van der Waals surface area contributed by atoms with E-state index < -0.39 is 0 Å². The Morgan fingerprint density at radius 3 is 0.410 bits per heavy atom. The molecule has 0 N–H and O–H groups in total. The van der Waals surface area contributed by atoms with Gasteiger partial charge in [-0.1, -0.05) is 531 Å². The van der Waals surface area contributed by atoms with Gasteiger partial charge in [-0.3, -0.25) is 0 Å². The summed E-state index contributed by atoms with van der Waals surface area (Å²) < 4.78 is 0. The second-order valence-corrected chi connectivity index (χ2v) is 38.0. The fourth-order valence-corrected chi connectivity index (χ4v) is 16.8. The summed E-state index contributed by atoms with van der Waals surface area (Å²) in [6.45, 7) is 21.8. The third kappa shape index (κ3) is 23.6. The Kier molecular flexibility index (Phi) is 28.7. The van der Waals surface area contributed by atoms with E-state index in [1.165, 1.54) is 77.9 Å². The molecule has 0 amide bonds. The topological polar surface area (TPSA) is 155 Å². The van der Waals surface area contributed by atoms with Crippen molar-refractivity contribution in [2.24, 2.45) is 0 Å². The van der Waals surface area contributed by atoms with Gasteiger partial charge in [0.05, 0.1) is 0 Å². The third-order valence-corrected chi connectivity index (χ3v) is 25.3. The lowest BCUT2D eigenvalue weighted by molar-refractivity contribution is 0.590. The molecule has 12 heteroatoms. The molecule has 0 spiro atoms. The predicted octanol–water partition coefficient (Wildman–Crippen LogP) is 33.3. The quantitative estimate of drug-likeness (QED) is 0.0803. The molecule has 696 valence electrons. The maximum Gasteiger partial charge on any atom is 0.164 e. The molecule has 18 aromatic carbocycles. The fraction of sp³-hybridized carbons (Fsp3) is 0.0909. The maximum atomic E-state index is 4.96. The van der Waals surface area contributed by atoms with Crippen molar-refractivity contribution in [3.8, 4) is 203 Å². The monoisotopic (exact) mass is 1860 g/mol. The van der Waals surface area contributed by atoms with Crippen LogP contribution in [-0.2, 0) is 10.8 Å². The molecule has 0 bridgehead atoms. The number of benzene rings is 18. The van der Waals surface area contributed by atoms with Gasteiger partial charge in [0.25, 0.3) is 0 Å². The summed E-state index contributed by atoms with van der Waals surface area (Å²) in [5.41, 5.74) is 33.4. The minimum atomic E-state index is 0.0853. The van der Waals surface area contributed by atoms with Gasteiger partial charge in [0.1, 0.15) is 0 Å². The Bertz CT molecular complexity index is 7770. The number of aryl methyl sites for hydroxylation is 4. The fourth-order valence-electron chi connectivity index (χ4n) is 16.8. The number of aromatic nitrogens is 12. The molecule has 0 aliphatic rings. The summed E-state index contributed by atoms with van der Waals surface area (Å²) in [5.74, 6) is 8.00. The van der Waals surface area contributed by atoms with Gasteiger partial charge < -0.3 is 0 Å². The zero-order chi connectivity index (χ0) is 98.9. The van der Waals surface area contributed by atoms with E-state index in [9.17, 15) is 0 Å². The van der Waals surface area contributed by atoms with Crippen molar-refractivity contribution in [3.63, 3.8) is 0 Å². The van der Waals surface area contributed by atoms with Crippen LogP contribution in [0.4, 0.5) is 0 Å². The molecule has 12 nitrogen and oxygen atoms in total. The first-order chi connectivity index (χ1) is 70.2. The van der Waals surface area contributed by atoms with E-state index in [0.29, 0.717) is 69.9 Å². The Morgan fingerprint density at radius 1 is 0.111 bits per heavy atom. The first kappa shape index (κ1) is 94.9. The third-order valence-electron chi connectivity index (χ3n) is 25.3. The summed E-state index contributed by atoms with van der Waals surface area (Å²) in [6, 6.07) is 163. The van der Waals surface area contributed by atoms with Crippen molar-refractivity contribution < 1.29 is 0 Å². The molecular formula is C132H108N12. The molecule has 0 aliphatic carbocycles. The SMILES string of the molecule is Cc1ccc(-c2ccc(-c3nc(-c4ccc(-c5ccccc5)cc4)nc(-c4ccc(-c5ccccc5)cc4)n3)cc2)cc1.Cc1ccc(-c2ccc(-c3nc(-c4ccc(C(C)(C)C)cc4)nc(-c4ccc(C(C)(C)C)cc4)n3)cc2)cc1.Cc1ccc(-c2ccc(-c3nc(-c4ccccc4)nc(-c4ccccc4)n3)cc2)cc1.Cc1ccc(-c2cccc(-c3nc(-c4ccccc4)nc(-c4ccccc4)n3)c2)cc1. The summed E-state index contributed by atoms with van der Waals surface area (Å²) in [6.07, 6.45) is 0. The van der Waals surface area contributed by atoms with E-state index in [-0.39, 0.29) is 10.8 Å². The highest BCUT2D eigenvalue weighted by Crippen LogP contribution is 2.38. The Balaban J connectivity index is 0.000000123. The van der Waals surface area contributed by atoms with Gasteiger partial charge >= 0.3 is 0 Å². The first-order valence-electron chi connectivity index (χ1n) is 48.7. The van der Waals surface area contributed by atoms with Crippen LogP contribution in [0.2, 0.25) is 0 Å². The zero-order valence-corrected chi connectivity index (χ0v) is 82.4. The van der Waals surface area contributed by atoms with Gasteiger partial charge in [-0.25, -0.2) is 59.8 Å². The molecule has 22 aromatic rings. The molecular weight excluding hydrogens is 1750 g/mol. The highest BCUT2D eigenvalue weighted by Gasteiger charge is 2.22. The molecule has 144 heavy (non-hydrogen) atoms. The normalized spacial score (nSPS) is 11.1. The van der Waals surface area contributed by atoms with Crippen LogP contribution in [0.1, 0.15) is 74.9 Å². The lowest BCUT2D eigenvalue weighted by Crippen LogP contribution is -2.10. The van der Waals surface area contributed by atoms with Crippen LogP contribution < -0.4 is 0 Å². The Labute approximate surface area is 844 Å². The zero-order valence-electron chi connectivity index (χ0n) is 82.4. The number of nitrogens with zero attached hydrogens (tertiary/aromatic N) is 12. The van der Waals surface area contributed by atoms with Gasteiger partial charge in [0, 0.05) is 66.8 Å². The molecule has 0 fully saturated rings. The van der Waals surface area contributed by atoms with Crippen molar-refractivity contribution in [2.45, 2.75) is 80.1 Å². The Morgan fingerprint density at radius 2 is 0.229 bits per heavy atom. The summed E-state index contributed by atoms with van der Waals surface area (Å²) in [5, 5.41) is 0. The van der Waals surface area contributed by atoms with Gasteiger partial charge in [0.2, 0.25) is 0 Å². The standard InChI is InChI=1S/C40H29N3.C36H37N3.2C28H21N3/c1-28-12-14-31(15-13-28)34-20-26-37(27-21-34)40-42-38(35-22-16-32(17-23-35)29-8-4-2-5-9-29)41-39(43-40)36-24-18-33(19-25-36)30-10-6-3-7-11-30;1-24-8-10-25(11-9-24)26-12-14-27(15-13-26)32-37-33(28-16-20-30(21-17-28)35(2,3)4)39-34(38-32)29-18-22-31(23-19-29)36(5,6)7;1-20-15-17-21(18-16-20)24-13-8-14-25(19-24)28-30-26(22-9-4-2-5-10-22)29-27(31-28)23-11-6-3-7-12-23;1-20-12-14-21(15-13-20)22-16-18-25(19-17-22)28-30-26(23-8-4-2-5-9-23)29-27(31-28)24-10-6-3-7-11-24/h2-27H,1H3;8-23H,1-7H3;2*2-19H,1H3. The predicted molar refractivity (Wildman–Crippen MR) is 594 cm³/mol. The number of hydrogen-bond donors (Lipinski definition) is 0. The van der Waals surface area contributed by atoms with E-state index in [0.717, 1.165) is 89.0 Å². The Hall–Kier alpha value is -18.0. The van der Waals surface area contributed by atoms with Crippen molar-refractivity contribution in [1.29, 1.82) is 0 Å². The van der Waals surface area contributed by atoms with Crippen LogP contribution in [0.3, 0.4) is 0 Å². The second kappa shape index (κ2) is 43.6. The molecule has 0 aliphatic heterocycles. The summed E-state index contributed by atoms with van der Waals surface area (Å²) in [7, 11) is 0. The van der Waals surface area contributed by atoms with Crippen LogP contribution >= 0.6 is 0 Å². The molecule has 4 heterocycles. The number of rotatable bonds is 18. The van der Waals surface area contributed by atoms with Gasteiger partial charge in [-0.2, -0.15) is 0 Å². The van der Waals surface area contributed by atoms with Crippen molar-refractivity contribution in [2.75, 3.05) is 0 Å². The van der Waals surface area contributed by atoms with Crippen molar-refractivity contribution in [1.82, 2.24) is 59.8 Å². The minimum absolute atomic E-state index is 0.0853. The van der Waals surface area contributed by atoms with E-state index in [1.807, 2.05) is 133 Å². The van der Waals surface area contributed by atoms with E-state index in [1.54, 1.807) is 0 Å². The highest BCUT2D eigenvalue weighted by atomic mass is 15.1. The molecule has 0 saturated carbocycles. The molecule has 0 radical (unpaired) electrons. The van der Waals surface area contributed by atoms with Gasteiger partial charge in [-0.15, -0.1) is 0 Å². The van der Waals surface area contributed by atoms with E-state index in [4.69, 9.17) is 59.8 Å². The first-order valence-corrected chi connectivity index (χ1v) is 48.7. The maximum absolute atomic E-state index is 4.96. The molecule has 0 saturated heterocycles. The van der Waals surface area contributed by atoms with Crippen LogP contribution in [0, 0.1) is 27.7 Å². The second-order valence-electron chi connectivity index (χ2n) is 38.0. The molecule has 0 unspecified atom stereocenters. The largest absolute Gasteiger partial charge is 0.208 e. The minimum Gasteiger partial charge on any atom is -0.208 e. The lowest BCUT2D eigenvalue weighted by atomic mass is 9.86. The van der Waals surface area contributed by atoms with Crippen LogP contribution in [-0.4, -0.2) is 59.8 Å². The molecule has 4 aromatic heterocycles. The highest BCUT2D eigenvalue weighted by molar-refractivity contribution is 5.79. The van der Waals surface area contributed by atoms with Crippen LogP contribution in [0.25, 0.3) is 203 Å². The van der Waals surface area contributed by atoms with E-state index >= 15 is 0 Å². The smallest absolute Gasteiger partial charge is 0.164 e. The summed E-state index contributed by atoms with van der Waals surface area (Å²) >= 11 is 0. The number of hydrogen-bond acceptors (Lipinski definition) is 12. The van der Waals surface area contributed by atoms with Crippen LogP contribution in [0.15, 0.2) is 473 Å². The van der Waals surface area contributed by atoms with Crippen molar-refractivity contribution >= 4 is 0 Å². The van der Waals surface area contributed by atoms with Gasteiger partial charge in [0.15, 0.2) is 69.9 Å². The molecule has 22 rings (SSSR count). The van der Waals surface area contributed by atoms with E-state index in [2.05, 4.69) is 409 Å². The lowest BCUT2D eigenvalue weighted by Gasteiger charge is -2.19. The summed E-state index contributed by atoms with van der Waals surface area (Å²) in [4.78, 5) is 58.4. The van der Waals surface area contributed by atoms with Gasteiger partial charge in [-0.05, 0) is 122 Å². The average molecular weight is 1860 g/mol. The van der Waals surface area contributed by atoms with Crippen molar-refractivity contribution in [3.05, 3.63) is 507 Å². The van der Waals surface area contributed by atoms with Crippen LogP contribution in [0.5, 0.6) is 0 Å². The average Bonchev–Trinajstić information content (AvgIpc) is 0.792. The molecule has 0 atom stereocenters.